The number of amides is 1. The second kappa shape index (κ2) is 12.1. The van der Waals surface area contributed by atoms with Crippen molar-refractivity contribution in [2.24, 2.45) is 11.6 Å². The first-order chi connectivity index (χ1) is 16.0. The second-order valence-corrected chi connectivity index (χ2v) is 7.66. The highest BCUT2D eigenvalue weighted by atomic mass is 19.4. The Morgan fingerprint density at radius 2 is 2.00 bits per heavy atom. The Balaban J connectivity index is 0.000000270. The molecule has 1 aromatic carbocycles. The van der Waals surface area contributed by atoms with Crippen LogP contribution in [0.25, 0.3) is 5.70 Å². The number of carbonyl (C=O) groups is 1. The molecule has 11 heteroatoms. The first-order valence-corrected chi connectivity index (χ1v) is 10.3. The van der Waals surface area contributed by atoms with Crippen molar-refractivity contribution in [2.45, 2.75) is 25.3 Å². The van der Waals surface area contributed by atoms with Crippen molar-refractivity contribution in [3.63, 3.8) is 0 Å². The highest BCUT2D eigenvalue weighted by Gasteiger charge is 2.30. The molecule has 3 rings (SSSR count). The Labute approximate surface area is 196 Å². The molecule has 0 saturated carbocycles. The fourth-order valence-electron chi connectivity index (χ4n) is 3.11. The van der Waals surface area contributed by atoms with Crippen molar-refractivity contribution in [3.8, 4) is 0 Å². The van der Waals surface area contributed by atoms with Gasteiger partial charge >= 0.3 is 6.18 Å². The number of aromatic nitrogens is 1. The molecule has 0 bridgehead atoms. The number of ether oxygens (including phenoxy) is 1. The molecule has 184 valence electrons. The fourth-order valence-corrected chi connectivity index (χ4v) is 3.11. The number of halogens is 3. The van der Waals surface area contributed by atoms with Gasteiger partial charge in [-0.1, -0.05) is 18.7 Å². The van der Waals surface area contributed by atoms with Crippen LogP contribution in [0.2, 0.25) is 0 Å². The van der Waals surface area contributed by atoms with E-state index < -0.39 is 11.7 Å². The third-order valence-electron chi connectivity index (χ3n) is 4.83. The largest absolute Gasteiger partial charge is 0.416 e. The van der Waals surface area contributed by atoms with E-state index in [-0.39, 0.29) is 18.6 Å². The zero-order chi connectivity index (χ0) is 25.3. The van der Waals surface area contributed by atoms with Crippen LogP contribution in [0.15, 0.2) is 61.6 Å². The maximum atomic E-state index is 12.4. The lowest BCUT2D eigenvalue weighted by atomic mass is 10.1. The Kier molecular flexibility index (Phi) is 9.46. The number of carbonyl (C=O) groups excluding carboxylic acids is 1. The summed E-state index contributed by atoms with van der Waals surface area (Å²) in [5.41, 5.74) is 13.1. The van der Waals surface area contributed by atoms with Crippen molar-refractivity contribution < 1.29 is 22.7 Å². The molecule has 8 nitrogen and oxygen atoms in total. The molecular formula is C23H29F3N6O2. The molecule has 1 fully saturated rings. The van der Waals surface area contributed by atoms with E-state index in [1.165, 1.54) is 23.2 Å². The van der Waals surface area contributed by atoms with Gasteiger partial charge in [0.05, 0.1) is 29.7 Å². The third kappa shape index (κ3) is 8.41. The summed E-state index contributed by atoms with van der Waals surface area (Å²) in [6.07, 6.45) is 2.36. The minimum Gasteiger partial charge on any atom is -0.397 e. The van der Waals surface area contributed by atoms with Crippen LogP contribution in [-0.4, -0.2) is 47.0 Å². The molecule has 0 radical (unpaired) electrons. The molecule has 2 aromatic rings. The van der Waals surface area contributed by atoms with Crippen molar-refractivity contribution in [3.05, 3.63) is 78.3 Å². The van der Waals surface area contributed by atoms with Crippen molar-refractivity contribution >= 4 is 17.3 Å². The van der Waals surface area contributed by atoms with E-state index in [1.54, 1.807) is 36.6 Å². The summed E-state index contributed by atoms with van der Waals surface area (Å²) in [7, 11) is 1.69. The van der Waals surface area contributed by atoms with Gasteiger partial charge in [-0.25, -0.2) is 5.84 Å². The number of alkyl halides is 3. The number of nitrogens with zero attached hydrogens (tertiary/aromatic N) is 3. The lowest BCUT2D eigenvalue weighted by molar-refractivity contribution is -0.137. The van der Waals surface area contributed by atoms with E-state index in [9.17, 15) is 18.0 Å². The Morgan fingerprint density at radius 1 is 1.32 bits per heavy atom. The molecule has 1 unspecified atom stereocenters. The van der Waals surface area contributed by atoms with E-state index in [0.29, 0.717) is 30.0 Å². The number of hydrogen-bond donors (Lipinski definition) is 3. The molecule has 1 atom stereocenters. The predicted octanol–water partition coefficient (Wildman–Crippen LogP) is 2.74. The standard InChI is InChI=1S/C15H16F3NO2.C8H13N5/c1-2-14(20)19-8-7-13(9-19)21-10-11-3-5-12(6-4-11)15(16,17)18;1-13(11)5-8(10)6-2-7(9)4-12-3-6/h2-6,13H,1,7-10H2;2-5H,9-11H2,1H3/b;8-5-. The van der Waals surface area contributed by atoms with Crippen molar-refractivity contribution in [1.29, 1.82) is 0 Å². The van der Waals surface area contributed by atoms with Crippen LogP contribution in [0.3, 0.4) is 0 Å². The monoisotopic (exact) mass is 478 g/mol. The number of rotatable bonds is 6. The summed E-state index contributed by atoms with van der Waals surface area (Å²) in [6.45, 7) is 4.77. The van der Waals surface area contributed by atoms with E-state index in [1.807, 2.05) is 0 Å². The minimum absolute atomic E-state index is 0.0869. The quantitative estimate of drug-likeness (QED) is 0.331. The molecule has 1 amide bonds. The molecule has 1 aliphatic heterocycles. The molecule has 2 heterocycles. The lowest BCUT2D eigenvalue weighted by Gasteiger charge is -2.15. The maximum Gasteiger partial charge on any atom is 0.416 e. The molecule has 1 saturated heterocycles. The predicted molar refractivity (Wildman–Crippen MR) is 124 cm³/mol. The molecule has 1 aliphatic rings. The average molecular weight is 479 g/mol. The van der Waals surface area contributed by atoms with Crippen LogP contribution in [-0.2, 0) is 22.3 Å². The van der Waals surface area contributed by atoms with Crippen LogP contribution in [0.1, 0.15) is 23.1 Å². The van der Waals surface area contributed by atoms with Gasteiger partial charge in [-0.05, 0) is 36.3 Å². The summed E-state index contributed by atoms with van der Waals surface area (Å²) in [5.74, 6) is 5.26. The normalized spacial score (nSPS) is 16.0. The fraction of sp³-hybridized carbons (Fsp3) is 0.304. The SMILES string of the molecule is C=CC(=O)N1CCC(OCc2ccc(C(F)(F)F)cc2)C1.CN(N)/C=C(\N)c1cncc(N)c1. The number of nitrogens with two attached hydrogens (primary N) is 3. The second-order valence-electron chi connectivity index (χ2n) is 7.66. The first kappa shape index (κ1) is 26.7. The van der Waals surface area contributed by atoms with Crippen LogP contribution in [0.5, 0.6) is 0 Å². The van der Waals surface area contributed by atoms with Gasteiger partial charge in [-0.2, -0.15) is 13.2 Å². The van der Waals surface area contributed by atoms with Gasteiger partial charge in [-0.15, -0.1) is 0 Å². The first-order valence-electron chi connectivity index (χ1n) is 10.3. The number of hydrazine groups is 1. The summed E-state index contributed by atoms with van der Waals surface area (Å²) in [5, 5.41) is 1.37. The van der Waals surface area contributed by atoms with Gasteiger partial charge in [0.15, 0.2) is 0 Å². The number of pyridine rings is 1. The number of nitrogen functional groups attached to an aromatic ring is 1. The average Bonchev–Trinajstić information content (AvgIpc) is 3.26. The van der Waals surface area contributed by atoms with Gasteiger partial charge in [0, 0.05) is 44.3 Å². The molecule has 0 spiro atoms. The topological polar surface area (TPSA) is 124 Å². The number of anilines is 1. The Morgan fingerprint density at radius 3 is 2.56 bits per heavy atom. The number of likely N-dealkylation sites (tertiary alicyclic amines) is 1. The van der Waals surface area contributed by atoms with Crippen LogP contribution in [0, 0.1) is 0 Å². The zero-order valence-corrected chi connectivity index (χ0v) is 18.8. The van der Waals surface area contributed by atoms with Crippen molar-refractivity contribution in [2.75, 3.05) is 25.9 Å². The molecule has 6 N–H and O–H groups in total. The molecular weight excluding hydrogens is 449 g/mol. The van der Waals surface area contributed by atoms with Crippen LogP contribution >= 0.6 is 0 Å². The zero-order valence-electron chi connectivity index (χ0n) is 18.8. The summed E-state index contributed by atoms with van der Waals surface area (Å²) < 4.78 is 42.9. The summed E-state index contributed by atoms with van der Waals surface area (Å²) >= 11 is 0. The third-order valence-corrected chi connectivity index (χ3v) is 4.83. The lowest BCUT2D eigenvalue weighted by Crippen LogP contribution is -2.28. The smallest absolute Gasteiger partial charge is 0.397 e. The van der Waals surface area contributed by atoms with Gasteiger partial charge < -0.3 is 26.1 Å². The van der Waals surface area contributed by atoms with Crippen molar-refractivity contribution in [1.82, 2.24) is 14.9 Å². The van der Waals surface area contributed by atoms with E-state index in [4.69, 9.17) is 22.0 Å². The highest BCUT2D eigenvalue weighted by Crippen LogP contribution is 2.29. The maximum absolute atomic E-state index is 12.4. The van der Waals surface area contributed by atoms with E-state index in [0.717, 1.165) is 24.1 Å². The molecule has 34 heavy (non-hydrogen) atoms. The van der Waals surface area contributed by atoms with Gasteiger partial charge in [0.25, 0.3) is 0 Å². The summed E-state index contributed by atoms with van der Waals surface area (Å²) in [6, 6.07) is 6.64. The number of benzene rings is 1. The molecule has 1 aromatic heterocycles. The van der Waals surface area contributed by atoms with E-state index in [2.05, 4.69) is 11.6 Å². The number of hydrogen-bond acceptors (Lipinski definition) is 7. The van der Waals surface area contributed by atoms with Crippen LogP contribution < -0.4 is 17.3 Å². The minimum atomic E-state index is -4.32. The highest BCUT2D eigenvalue weighted by molar-refractivity contribution is 5.87. The van der Waals surface area contributed by atoms with Crippen LogP contribution in [0.4, 0.5) is 18.9 Å². The van der Waals surface area contributed by atoms with Gasteiger partial charge in [-0.3, -0.25) is 9.78 Å². The Bertz CT molecular complexity index is 993. The Hall–Kier alpha value is -3.57. The molecule has 0 aliphatic carbocycles. The van der Waals surface area contributed by atoms with Gasteiger partial charge in [0.2, 0.25) is 5.91 Å². The summed E-state index contributed by atoms with van der Waals surface area (Å²) in [4.78, 5) is 17.0. The van der Waals surface area contributed by atoms with E-state index >= 15 is 0 Å². The van der Waals surface area contributed by atoms with Gasteiger partial charge in [0.1, 0.15) is 0 Å².